The van der Waals surface area contributed by atoms with Gasteiger partial charge in [-0.25, -0.2) is 0 Å². The first-order chi connectivity index (χ1) is 13.2. The average molecular weight is 386 g/mol. The smallest absolute Gasteiger partial charge is 0.165 e. The normalized spacial score (nSPS) is 45.7. The molecule has 4 aliphatic carbocycles. The molecule has 0 amide bonds. The largest absolute Gasteiger partial charge is 0.504 e. The van der Waals surface area contributed by atoms with Gasteiger partial charge in [0.05, 0.1) is 5.60 Å². The molecule has 5 nitrogen and oxygen atoms in total. The van der Waals surface area contributed by atoms with Crippen LogP contribution in [0.3, 0.4) is 0 Å². The number of rotatable bonds is 2. The second-order valence-corrected chi connectivity index (χ2v) is 10.6. The third-order valence-electron chi connectivity index (χ3n) is 9.48. The lowest BCUT2D eigenvalue weighted by Crippen LogP contribution is -2.82. The van der Waals surface area contributed by atoms with Crippen molar-refractivity contribution >= 4 is 0 Å². The fourth-order valence-electron chi connectivity index (χ4n) is 8.51. The molecule has 28 heavy (non-hydrogen) atoms. The van der Waals surface area contributed by atoms with Crippen molar-refractivity contribution in [1.29, 1.82) is 0 Å². The Hall–Kier alpha value is -1.30. The molecule has 7 rings (SSSR count). The maximum Gasteiger partial charge on any atom is 0.165 e. The van der Waals surface area contributed by atoms with Gasteiger partial charge in [-0.2, -0.15) is 0 Å². The molecule has 4 fully saturated rings. The van der Waals surface area contributed by atoms with Crippen molar-refractivity contribution in [2.75, 3.05) is 20.7 Å². The van der Waals surface area contributed by atoms with E-state index >= 15 is 0 Å². The van der Waals surface area contributed by atoms with Gasteiger partial charge < -0.3 is 24.6 Å². The number of nitrogens with zero attached hydrogens (tertiary/aromatic N) is 1. The van der Waals surface area contributed by atoms with Crippen LogP contribution in [0.4, 0.5) is 0 Å². The van der Waals surface area contributed by atoms with Gasteiger partial charge in [-0.05, 0) is 71.2 Å². The Morgan fingerprint density at radius 3 is 2.75 bits per heavy atom. The molecule has 1 unspecified atom stereocenters. The first-order valence-electron chi connectivity index (χ1n) is 10.7. The third kappa shape index (κ3) is 1.58. The van der Waals surface area contributed by atoms with Crippen molar-refractivity contribution in [2.45, 2.75) is 74.7 Å². The van der Waals surface area contributed by atoms with Crippen LogP contribution < -0.4 is 4.74 Å². The quantitative estimate of drug-likeness (QED) is 0.819. The average Bonchev–Trinajstić information content (AvgIpc) is 3.03. The highest BCUT2D eigenvalue weighted by molar-refractivity contribution is 5.63. The highest BCUT2D eigenvalue weighted by Gasteiger charge is 2.81. The summed E-state index contributed by atoms with van der Waals surface area (Å²) in [6, 6.07) is 4.34. The summed E-state index contributed by atoms with van der Waals surface area (Å²) in [7, 11) is 4.05. The number of piperidine rings is 1. The second-order valence-electron chi connectivity index (χ2n) is 10.6. The lowest BCUT2D eigenvalue weighted by Gasteiger charge is -2.74. The molecule has 0 aromatic heterocycles. The molecule has 6 aliphatic rings. The minimum atomic E-state index is -0.849. The van der Waals surface area contributed by atoms with Crippen LogP contribution in [0, 0.1) is 11.3 Å². The summed E-state index contributed by atoms with van der Waals surface area (Å²) in [4.78, 5) is 2.54. The number of methoxy groups -OCH3 is 1. The summed E-state index contributed by atoms with van der Waals surface area (Å²) >= 11 is 0. The SMILES string of the molecule is CO[C@@]12CC[C@@]3(CC1C(C)(C)O)[C@H]1Cc4ccc(O)c5c4[C@@]3(CCN1C)[C@H]2O5. The molecule has 1 saturated heterocycles. The molecule has 2 spiro atoms. The minimum absolute atomic E-state index is 0.00359. The van der Waals surface area contributed by atoms with E-state index in [0.717, 1.165) is 38.6 Å². The molecule has 2 heterocycles. The first kappa shape index (κ1) is 17.5. The lowest BCUT2D eigenvalue weighted by atomic mass is 9.34. The number of aliphatic hydroxyl groups is 1. The summed E-state index contributed by atoms with van der Waals surface area (Å²) in [5, 5.41) is 21.9. The van der Waals surface area contributed by atoms with Gasteiger partial charge in [-0.1, -0.05) is 6.07 Å². The van der Waals surface area contributed by atoms with Crippen molar-refractivity contribution in [2.24, 2.45) is 11.3 Å². The topological polar surface area (TPSA) is 62.2 Å². The van der Waals surface area contributed by atoms with E-state index in [9.17, 15) is 10.2 Å². The standard InChI is InChI=1S/C23H31NO4/c1-20(2,26)15-12-21-7-8-23(15,27-4)19-22(21)9-10-24(3)16(21)11-13-5-6-14(25)18(28-19)17(13)22/h5-6,15-16,19,25-26H,7-12H2,1-4H3/t15?,16-,19-,21-,22+,23+/m1/s1. The van der Waals surface area contributed by atoms with Gasteiger partial charge in [0.25, 0.3) is 0 Å². The number of aromatic hydroxyl groups is 1. The van der Waals surface area contributed by atoms with Crippen LogP contribution in [-0.4, -0.2) is 59.2 Å². The zero-order valence-electron chi connectivity index (χ0n) is 17.3. The minimum Gasteiger partial charge on any atom is -0.504 e. The number of hydrogen-bond donors (Lipinski definition) is 2. The molecule has 5 heteroatoms. The van der Waals surface area contributed by atoms with E-state index in [1.54, 1.807) is 13.2 Å². The van der Waals surface area contributed by atoms with Crippen LogP contribution in [0.25, 0.3) is 0 Å². The Morgan fingerprint density at radius 2 is 2.04 bits per heavy atom. The van der Waals surface area contributed by atoms with Crippen molar-refractivity contribution in [3.8, 4) is 11.5 Å². The summed E-state index contributed by atoms with van der Waals surface area (Å²) in [6.45, 7) is 4.89. The van der Waals surface area contributed by atoms with E-state index in [1.165, 1.54) is 11.1 Å². The molecule has 6 atom stereocenters. The zero-order chi connectivity index (χ0) is 19.7. The van der Waals surface area contributed by atoms with Gasteiger partial charge >= 0.3 is 0 Å². The Labute approximate surface area is 166 Å². The maximum atomic E-state index is 11.2. The van der Waals surface area contributed by atoms with E-state index in [4.69, 9.17) is 9.47 Å². The van der Waals surface area contributed by atoms with Gasteiger partial charge in [-0.3, -0.25) is 0 Å². The van der Waals surface area contributed by atoms with Crippen LogP contribution in [0.15, 0.2) is 12.1 Å². The van der Waals surface area contributed by atoms with Crippen LogP contribution in [0.5, 0.6) is 11.5 Å². The molecule has 1 aromatic rings. The Morgan fingerprint density at radius 1 is 1.25 bits per heavy atom. The van der Waals surface area contributed by atoms with E-state index in [2.05, 4.69) is 18.0 Å². The zero-order valence-corrected chi connectivity index (χ0v) is 17.3. The Bertz CT molecular complexity index is 878. The van der Waals surface area contributed by atoms with Crippen molar-refractivity contribution < 1.29 is 19.7 Å². The molecule has 1 aromatic carbocycles. The summed E-state index contributed by atoms with van der Waals surface area (Å²) in [5.41, 5.74) is 1.15. The summed E-state index contributed by atoms with van der Waals surface area (Å²) < 4.78 is 13.0. The highest BCUT2D eigenvalue weighted by Crippen LogP contribution is 2.77. The van der Waals surface area contributed by atoms with E-state index in [-0.39, 0.29) is 28.6 Å². The van der Waals surface area contributed by atoms with Crippen LogP contribution in [0.2, 0.25) is 0 Å². The van der Waals surface area contributed by atoms with Crippen molar-refractivity contribution in [3.05, 3.63) is 23.3 Å². The fraction of sp³-hybridized carbons (Fsp3) is 0.739. The van der Waals surface area contributed by atoms with Gasteiger partial charge in [-0.15, -0.1) is 0 Å². The molecular weight excluding hydrogens is 354 g/mol. The molecule has 4 bridgehead atoms. The number of likely N-dealkylation sites (N-methyl/N-ethyl adjacent to an activating group) is 1. The van der Waals surface area contributed by atoms with Crippen molar-refractivity contribution in [3.63, 3.8) is 0 Å². The van der Waals surface area contributed by atoms with Crippen LogP contribution >= 0.6 is 0 Å². The number of hydrogen-bond acceptors (Lipinski definition) is 5. The third-order valence-corrected chi connectivity index (χ3v) is 9.48. The fourth-order valence-corrected chi connectivity index (χ4v) is 8.51. The van der Waals surface area contributed by atoms with Gasteiger partial charge in [0.15, 0.2) is 11.5 Å². The molecule has 3 saturated carbocycles. The number of benzene rings is 1. The second kappa shape index (κ2) is 4.88. The van der Waals surface area contributed by atoms with E-state index < -0.39 is 11.2 Å². The first-order valence-corrected chi connectivity index (χ1v) is 10.7. The van der Waals surface area contributed by atoms with E-state index in [0.29, 0.717) is 11.8 Å². The predicted octanol–water partition coefficient (Wildman–Crippen LogP) is 2.61. The number of fused-ring (bicyclic) bond motifs is 2. The summed E-state index contributed by atoms with van der Waals surface area (Å²) in [6.07, 6.45) is 4.82. The van der Waals surface area contributed by atoms with Gasteiger partial charge in [0, 0.05) is 35.5 Å². The van der Waals surface area contributed by atoms with Gasteiger partial charge in [0.1, 0.15) is 11.7 Å². The number of ether oxygens (including phenoxy) is 2. The highest BCUT2D eigenvalue weighted by atomic mass is 16.6. The predicted molar refractivity (Wildman–Crippen MR) is 105 cm³/mol. The number of phenols is 1. The lowest BCUT2D eigenvalue weighted by molar-refractivity contribution is -0.298. The molecule has 2 N–H and O–H groups in total. The van der Waals surface area contributed by atoms with Crippen LogP contribution in [0.1, 0.15) is 50.7 Å². The van der Waals surface area contributed by atoms with Crippen LogP contribution in [-0.2, 0) is 16.6 Å². The molecule has 0 radical (unpaired) electrons. The number of phenolic OH excluding ortho intramolecular Hbond substituents is 1. The molecular formula is C23H31NO4. The van der Waals surface area contributed by atoms with Crippen molar-refractivity contribution in [1.82, 2.24) is 4.90 Å². The Kier molecular flexibility index (Phi) is 3.06. The number of likely N-dealkylation sites (tertiary alicyclic amines) is 1. The Balaban J connectivity index is 1.69. The maximum absolute atomic E-state index is 11.2. The molecule has 2 aliphatic heterocycles. The van der Waals surface area contributed by atoms with Gasteiger partial charge in [0.2, 0.25) is 0 Å². The monoisotopic (exact) mass is 385 g/mol. The van der Waals surface area contributed by atoms with E-state index in [1.807, 2.05) is 13.8 Å². The summed E-state index contributed by atoms with van der Waals surface area (Å²) in [5.74, 6) is 0.944. The molecule has 152 valence electrons.